The minimum absolute atomic E-state index is 0.0863. The van der Waals surface area contributed by atoms with Crippen LogP contribution in [0.5, 0.6) is 17.2 Å². The highest BCUT2D eigenvalue weighted by Gasteiger charge is 2.25. The van der Waals surface area contributed by atoms with E-state index in [1.807, 2.05) is 12.1 Å². The maximum Gasteiger partial charge on any atom is 0.238 e. The Labute approximate surface area is 188 Å². The third kappa shape index (κ3) is 5.43. The summed E-state index contributed by atoms with van der Waals surface area (Å²) in [5.74, 6) is 1.98. The van der Waals surface area contributed by atoms with E-state index in [0.29, 0.717) is 42.0 Å². The number of nitrogens with one attached hydrogen (secondary N) is 1. The molecule has 1 N–H and O–H groups in total. The second-order valence-corrected chi connectivity index (χ2v) is 8.39. The van der Waals surface area contributed by atoms with Crippen LogP contribution in [0.3, 0.4) is 0 Å². The summed E-state index contributed by atoms with van der Waals surface area (Å²) in [5.41, 5.74) is 1.76. The summed E-state index contributed by atoms with van der Waals surface area (Å²) in [5, 5.41) is 3.42. The highest BCUT2D eigenvalue weighted by molar-refractivity contribution is 6.34. The molecule has 166 valence electrons. The molecule has 0 bridgehead atoms. The first-order chi connectivity index (χ1) is 15.1. The van der Waals surface area contributed by atoms with Gasteiger partial charge in [-0.05, 0) is 37.1 Å². The second kappa shape index (κ2) is 10.2. The first-order valence-corrected chi connectivity index (χ1v) is 11.3. The second-order valence-electron chi connectivity index (χ2n) is 7.99. The number of fused-ring (bicyclic) bond motifs is 1. The number of methoxy groups -OCH3 is 1. The van der Waals surface area contributed by atoms with Crippen molar-refractivity contribution >= 4 is 23.2 Å². The maximum atomic E-state index is 13.0. The quantitative estimate of drug-likeness (QED) is 0.698. The maximum absolute atomic E-state index is 13.0. The van der Waals surface area contributed by atoms with Gasteiger partial charge in [-0.15, -0.1) is 0 Å². The fourth-order valence-corrected chi connectivity index (χ4v) is 4.42. The molecule has 31 heavy (non-hydrogen) atoms. The molecule has 7 heteroatoms. The predicted octanol–water partition coefficient (Wildman–Crippen LogP) is 5.07. The molecule has 1 atom stereocenters. The van der Waals surface area contributed by atoms with Crippen LogP contribution in [0.2, 0.25) is 5.02 Å². The van der Waals surface area contributed by atoms with Crippen LogP contribution < -0.4 is 19.5 Å². The fourth-order valence-electron chi connectivity index (χ4n) is 4.21. The lowest BCUT2D eigenvalue weighted by atomic mass is 10.0. The van der Waals surface area contributed by atoms with Crippen LogP contribution in [0.15, 0.2) is 36.4 Å². The Morgan fingerprint density at radius 1 is 1.10 bits per heavy atom. The van der Waals surface area contributed by atoms with E-state index >= 15 is 0 Å². The van der Waals surface area contributed by atoms with Gasteiger partial charge in [-0.3, -0.25) is 9.69 Å². The first-order valence-electron chi connectivity index (χ1n) is 10.9. The Hall–Kier alpha value is -2.44. The van der Waals surface area contributed by atoms with Crippen LogP contribution in [0.25, 0.3) is 0 Å². The lowest BCUT2D eigenvalue weighted by Gasteiger charge is -2.30. The molecular weight excluding hydrogens is 416 g/mol. The van der Waals surface area contributed by atoms with Crippen LogP contribution in [-0.2, 0) is 4.79 Å². The summed E-state index contributed by atoms with van der Waals surface area (Å²) in [4.78, 5) is 15.2. The van der Waals surface area contributed by atoms with E-state index in [-0.39, 0.29) is 11.9 Å². The summed E-state index contributed by atoms with van der Waals surface area (Å²) in [6.45, 7) is 2.37. The molecule has 0 radical (unpaired) electrons. The molecule has 6 nitrogen and oxygen atoms in total. The number of nitrogens with zero attached hydrogens (tertiary/aromatic N) is 1. The highest BCUT2D eigenvalue weighted by Crippen LogP contribution is 2.38. The van der Waals surface area contributed by atoms with E-state index < -0.39 is 0 Å². The minimum atomic E-state index is -0.0863. The average molecular weight is 445 g/mol. The molecule has 1 saturated heterocycles. The van der Waals surface area contributed by atoms with Crippen molar-refractivity contribution in [2.24, 2.45) is 0 Å². The van der Waals surface area contributed by atoms with Gasteiger partial charge >= 0.3 is 0 Å². The third-order valence-electron chi connectivity index (χ3n) is 5.82. The van der Waals surface area contributed by atoms with Crippen LogP contribution in [0.4, 0.5) is 5.69 Å². The summed E-state index contributed by atoms with van der Waals surface area (Å²) in [6.07, 6.45) is 5.27. The molecule has 0 aliphatic carbocycles. The van der Waals surface area contributed by atoms with E-state index in [1.165, 1.54) is 12.0 Å². The number of carbonyl (C=O) groups is 1. The topological polar surface area (TPSA) is 60.0 Å². The molecule has 4 rings (SSSR count). The van der Waals surface area contributed by atoms with Crippen molar-refractivity contribution in [3.63, 3.8) is 0 Å². The number of halogens is 1. The Morgan fingerprint density at radius 3 is 2.58 bits per heavy atom. The zero-order valence-electron chi connectivity index (χ0n) is 17.9. The molecule has 2 heterocycles. The smallest absolute Gasteiger partial charge is 0.238 e. The number of amides is 1. The number of likely N-dealkylation sites (tertiary alicyclic amines) is 1. The van der Waals surface area contributed by atoms with Gasteiger partial charge in [0, 0.05) is 24.6 Å². The molecule has 1 unspecified atom stereocenters. The molecular formula is C24H29ClN2O4. The van der Waals surface area contributed by atoms with Gasteiger partial charge in [0.2, 0.25) is 5.91 Å². The number of anilines is 1. The van der Waals surface area contributed by atoms with Gasteiger partial charge < -0.3 is 19.5 Å². The van der Waals surface area contributed by atoms with Gasteiger partial charge in [0.15, 0.2) is 11.5 Å². The number of benzene rings is 2. The third-order valence-corrected chi connectivity index (χ3v) is 6.13. The molecule has 1 amide bonds. The first kappa shape index (κ1) is 21.8. The van der Waals surface area contributed by atoms with E-state index in [9.17, 15) is 4.79 Å². The number of ether oxygens (including phenoxy) is 3. The van der Waals surface area contributed by atoms with Crippen molar-refractivity contribution < 1.29 is 19.0 Å². The number of carbonyl (C=O) groups excluding carboxylic acids is 1. The molecule has 2 aliphatic rings. The van der Waals surface area contributed by atoms with Crippen LogP contribution in [0.1, 0.15) is 43.7 Å². The van der Waals surface area contributed by atoms with Gasteiger partial charge in [-0.25, -0.2) is 0 Å². The molecule has 2 aromatic carbocycles. The van der Waals surface area contributed by atoms with Crippen molar-refractivity contribution in [2.75, 3.05) is 38.7 Å². The van der Waals surface area contributed by atoms with Crippen molar-refractivity contribution in [1.29, 1.82) is 0 Å². The van der Waals surface area contributed by atoms with Crippen molar-refractivity contribution in [3.8, 4) is 17.2 Å². The largest absolute Gasteiger partial charge is 0.497 e. The fraction of sp³-hybridized carbons (Fsp3) is 0.458. The number of hydrogen-bond acceptors (Lipinski definition) is 5. The van der Waals surface area contributed by atoms with Crippen LogP contribution in [0, 0.1) is 0 Å². The lowest BCUT2D eigenvalue weighted by molar-refractivity contribution is -0.117. The summed E-state index contributed by atoms with van der Waals surface area (Å²) >= 11 is 6.40. The summed E-state index contributed by atoms with van der Waals surface area (Å²) in [6, 6.07) is 11.8. The van der Waals surface area contributed by atoms with Gasteiger partial charge in [-0.1, -0.05) is 36.6 Å². The SMILES string of the molecule is COc1ccc(C2CCCCCN2CC(=O)Nc2cc3c(cc2Cl)OCCCO3)cc1. The number of rotatable bonds is 5. The molecule has 0 aromatic heterocycles. The van der Waals surface area contributed by atoms with Crippen LogP contribution in [-0.4, -0.2) is 44.2 Å². The predicted molar refractivity (Wildman–Crippen MR) is 121 cm³/mol. The summed E-state index contributed by atoms with van der Waals surface area (Å²) in [7, 11) is 1.67. The average Bonchev–Trinajstić information content (AvgIpc) is 3.14. The van der Waals surface area contributed by atoms with Crippen molar-refractivity contribution in [1.82, 2.24) is 4.90 Å². The molecule has 1 fully saturated rings. The Balaban J connectivity index is 1.47. The van der Waals surface area contributed by atoms with Crippen molar-refractivity contribution in [3.05, 3.63) is 47.0 Å². The van der Waals surface area contributed by atoms with E-state index in [0.717, 1.165) is 38.0 Å². The van der Waals surface area contributed by atoms with Crippen molar-refractivity contribution in [2.45, 2.75) is 38.1 Å². The molecule has 2 aliphatic heterocycles. The molecule has 0 spiro atoms. The monoisotopic (exact) mass is 444 g/mol. The van der Waals surface area contributed by atoms with E-state index in [4.69, 9.17) is 25.8 Å². The zero-order chi connectivity index (χ0) is 21.6. The van der Waals surface area contributed by atoms with Gasteiger partial charge in [-0.2, -0.15) is 0 Å². The molecule has 2 aromatic rings. The number of hydrogen-bond donors (Lipinski definition) is 1. The molecule has 0 saturated carbocycles. The Kier molecular flexibility index (Phi) is 7.20. The zero-order valence-corrected chi connectivity index (χ0v) is 18.6. The normalized spacial score (nSPS) is 19.2. The van der Waals surface area contributed by atoms with Crippen LogP contribution >= 0.6 is 11.6 Å². The minimum Gasteiger partial charge on any atom is -0.497 e. The van der Waals surface area contributed by atoms with Gasteiger partial charge in [0.25, 0.3) is 0 Å². The summed E-state index contributed by atoms with van der Waals surface area (Å²) < 4.78 is 16.7. The lowest BCUT2D eigenvalue weighted by Crippen LogP contribution is -2.36. The Bertz CT molecular complexity index is 903. The standard InChI is InChI=1S/C24H29ClN2O4/c1-29-18-9-7-17(8-10-18)21-6-3-2-4-11-27(21)16-24(28)26-20-15-23-22(14-19(20)25)30-12-5-13-31-23/h7-10,14-15,21H,2-6,11-13,16H2,1H3,(H,26,28). The van der Waals surface area contributed by atoms with E-state index in [1.54, 1.807) is 19.2 Å². The van der Waals surface area contributed by atoms with Gasteiger partial charge in [0.05, 0.1) is 37.6 Å². The Morgan fingerprint density at radius 2 is 1.84 bits per heavy atom. The van der Waals surface area contributed by atoms with Gasteiger partial charge in [0.1, 0.15) is 5.75 Å². The van der Waals surface area contributed by atoms with E-state index in [2.05, 4.69) is 22.3 Å². The highest BCUT2D eigenvalue weighted by atomic mass is 35.5.